The van der Waals surface area contributed by atoms with Gasteiger partial charge in [-0.3, -0.25) is 14.4 Å². The zero-order chi connectivity index (χ0) is 18.8. The van der Waals surface area contributed by atoms with E-state index in [0.29, 0.717) is 11.3 Å². The van der Waals surface area contributed by atoms with Crippen molar-refractivity contribution < 1.29 is 28.7 Å². The van der Waals surface area contributed by atoms with E-state index < -0.39 is 30.5 Å². The maximum absolute atomic E-state index is 11.8. The number of nitrogens with one attached hydrogen (secondary N) is 1. The zero-order valence-electron chi connectivity index (χ0n) is 14.6. The molecule has 1 aromatic rings. The van der Waals surface area contributed by atoms with E-state index in [1.807, 2.05) is 13.8 Å². The molecule has 0 unspecified atom stereocenters. The number of ether oxygens (including phenoxy) is 2. The smallest absolute Gasteiger partial charge is 0.328 e. The van der Waals surface area contributed by atoms with Crippen molar-refractivity contribution in [3.8, 4) is 0 Å². The Kier molecular flexibility index (Phi) is 8.83. The fraction of sp³-hybridized carbons (Fsp3) is 0.529. The van der Waals surface area contributed by atoms with Crippen molar-refractivity contribution >= 4 is 35.0 Å². The van der Waals surface area contributed by atoms with E-state index in [1.54, 1.807) is 17.5 Å². The van der Waals surface area contributed by atoms with Crippen LogP contribution in [-0.4, -0.2) is 43.4 Å². The minimum absolute atomic E-state index is 0.0269. The zero-order valence-corrected chi connectivity index (χ0v) is 15.4. The van der Waals surface area contributed by atoms with Gasteiger partial charge >= 0.3 is 11.9 Å². The lowest BCUT2D eigenvalue weighted by atomic mass is 10.0. The van der Waals surface area contributed by atoms with E-state index in [1.165, 1.54) is 18.4 Å². The van der Waals surface area contributed by atoms with Gasteiger partial charge < -0.3 is 14.8 Å². The number of esters is 2. The van der Waals surface area contributed by atoms with Gasteiger partial charge in [-0.15, -0.1) is 11.3 Å². The summed E-state index contributed by atoms with van der Waals surface area (Å²) in [6.07, 6.45) is 0.344. The van der Waals surface area contributed by atoms with Crippen molar-refractivity contribution in [2.75, 3.05) is 13.7 Å². The Morgan fingerprint density at radius 2 is 1.92 bits per heavy atom. The molecule has 1 amide bonds. The standard InChI is InChI=1S/C17H23NO6S/c1-11(2)9-12(17(22)23-3)18-15(20)10-24-16(21)7-6-13(19)14-5-4-8-25-14/h4-5,8,11-12H,6-7,9-10H2,1-3H3,(H,18,20)/t12-/m1/s1. The number of hydrogen-bond donors (Lipinski definition) is 1. The number of ketones is 1. The van der Waals surface area contributed by atoms with Gasteiger partial charge in [0, 0.05) is 6.42 Å². The molecule has 0 aliphatic heterocycles. The lowest BCUT2D eigenvalue weighted by Crippen LogP contribution is -2.44. The summed E-state index contributed by atoms with van der Waals surface area (Å²) in [5.74, 6) is -1.74. The molecule has 0 aromatic carbocycles. The minimum atomic E-state index is -0.781. The SMILES string of the molecule is COC(=O)[C@@H](CC(C)C)NC(=O)COC(=O)CCC(=O)c1cccs1. The van der Waals surface area contributed by atoms with Crippen molar-refractivity contribution in [2.24, 2.45) is 5.92 Å². The molecular weight excluding hydrogens is 346 g/mol. The third-order valence-electron chi connectivity index (χ3n) is 3.24. The predicted octanol–water partition coefficient (Wildman–Crippen LogP) is 1.96. The van der Waals surface area contributed by atoms with Crippen LogP contribution in [0.1, 0.15) is 42.8 Å². The Bertz CT molecular complexity index is 596. The minimum Gasteiger partial charge on any atom is -0.467 e. The average molecular weight is 369 g/mol. The van der Waals surface area contributed by atoms with Gasteiger partial charge in [0.2, 0.25) is 0 Å². The third-order valence-corrected chi connectivity index (χ3v) is 4.16. The fourth-order valence-corrected chi connectivity index (χ4v) is 2.75. The summed E-state index contributed by atoms with van der Waals surface area (Å²) in [7, 11) is 1.24. The molecule has 1 N–H and O–H groups in total. The van der Waals surface area contributed by atoms with E-state index in [4.69, 9.17) is 4.74 Å². The van der Waals surface area contributed by atoms with E-state index in [0.717, 1.165) is 0 Å². The second kappa shape index (κ2) is 10.6. The number of carbonyl (C=O) groups is 4. The molecule has 7 nitrogen and oxygen atoms in total. The van der Waals surface area contributed by atoms with Crippen LogP contribution in [0.15, 0.2) is 17.5 Å². The van der Waals surface area contributed by atoms with Crippen LogP contribution in [0.3, 0.4) is 0 Å². The Morgan fingerprint density at radius 3 is 2.48 bits per heavy atom. The lowest BCUT2D eigenvalue weighted by Gasteiger charge is -2.18. The van der Waals surface area contributed by atoms with Crippen molar-refractivity contribution in [3.05, 3.63) is 22.4 Å². The highest BCUT2D eigenvalue weighted by molar-refractivity contribution is 7.12. The van der Waals surface area contributed by atoms with Gasteiger partial charge in [-0.25, -0.2) is 4.79 Å². The van der Waals surface area contributed by atoms with E-state index in [9.17, 15) is 19.2 Å². The lowest BCUT2D eigenvalue weighted by molar-refractivity contribution is -0.150. The molecule has 25 heavy (non-hydrogen) atoms. The second-order valence-electron chi connectivity index (χ2n) is 5.83. The van der Waals surface area contributed by atoms with Gasteiger partial charge in [-0.2, -0.15) is 0 Å². The van der Waals surface area contributed by atoms with Crippen molar-refractivity contribution in [2.45, 2.75) is 39.2 Å². The van der Waals surface area contributed by atoms with Crippen molar-refractivity contribution in [3.63, 3.8) is 0 Å². The van der Waals surface area contributed by atoms with E-state index in [2.05, 4.69) is 10.1 Å². The number of amides is 1. The fourth-order valence-electron chi connectivity index (χ4n) is 2.06. The third kappa shape index (κ3) is 7.93. The Morgan fingerprint density at radius 1 is 1.20 bits per heavy atom. The molecular formula is C17H23NO6S. The number of hydrogen-bond acceptors (Lipinski definition) is 7. The highest BCUT2D eigenvalue weighted by Gasteiger charge is 2.23. The summed E-state index contributed by atoms with van der Waals surface area (Å²) in [6.45, 7) is 3.32. The highest BCUT2D eigenvalue weighted by Crippen LogP contribution is 2.12. The van der Waals surface area contributed by atoms with Gasteiger partial charge in [0.25, 0.3) is 5.91 Å². The molecule has 1 rings (SSSR count). The molecule has 1 atom stereocenters. The summed E-state index contributed by atoms with van der Waals surface area (Å²) >= 11 is 1.31. The maximum atomic E-state index is 11.8. The molecule has 0 bridgehead atoms. The molecule has 1 aromatic heterocycles. The van der Waals surface area contributed by atoms with Crippen LogP contribution < -0.4 is 5.32 Å². The summed E-state index contributed by atoms with van der Waals surface area (Å²) in [5.41, 5.74) is 0. The Hall–Kier alpha value is -2.22. The van der Waals surface area contributed by atoms with Crippen LogP contribution in [0.5, 0.6) is 0 Å². The van der Waals surface area contributed by atoms with Gasteiger partial charge in [0.05, 0.1) is 18.4 Å². The summed E-state index contributed by atoms with van der Waals surface area (Å²) < 4.78 is 9.48. The van der Waals surface area contributed by atoms with E-state index >= 15 is 0 Å². The first kappa shape index (κ1) is 20.8. The topological polar surface area (TPSA) is 98.8 Å². The largest absolute Gasteiger partial charge is 0.467 e. The Balaban J connectivity index is 2.35. The van der Waals surface area contributed by atoms with Gasteiger partial charge in [0.1, 0.15) is 6.04 Å². The number of Topliss-reactive ketones (excluding diaryl/α,β-unsaturated/α-hetero) is 1. The predicted molar refractivity (Wildman–Crippen MR) is 92.2 cm³/mol. The van der Waals surface area contributed by atoms with Gasteiger partial charge in [-0.05, 0) is 23.8 Å². The van der Waals surface area contributed by atoms with Gasteiger partial charge in [0.15, 0.2) is 12.4 Å². The van der Waals surface area contributed by atoms with Crippen LogP contribution in [0.4, 0.5) is 0 Å². The number of methoxy groups -OCH3 is 1. The quantitative estimate of drug-likeness (QED) is 0.500. The van der Waals surface area contributed by atoms with Crippen LogP contribution in [0.2, 0.25) is 0 Å². The van der Waals surface area contributed by atoms with E-state index in [-0.39, 0.29) is 24.5 Å². The van der Waals surface area contributed by atoms with Gasteiger partial charge in [-0.1, -0.05) is 19.9 Å². The second-order valence-corrected chi connectivity index (χ2v) is 6.78. The molecule has 0 spiro atoms. The highest BCUT2D eigenvalue weighted by atomic mass is 32.1. The first-order valence-corrected chi connectivity index (χ1v) is 8.81. The molecule has 8 heteroatoms. The first-order chi connectivity index (χ1) is 11.8. The molecule has 0 radical (unpaired) electrons. The molecule has 138 valence electrons. The Labute approximate surface area is 150 Å². The number of carbonyl (C=O) groups excluding carboxylic acids is 4. The van der Waals surface area contributed by atoms with Crippen LogP contribution in [0, 0.1) is 5.92 Å². The molecule has 1 heterocycles. The monoisotopic (exact) mass is 369 g/mol. The molecule has 0 saturated heterocycles. The maximum Gasteiger partial charge on any atom is 0.328 e. The molecule has 0 aliphatic carbocycles. The average Bonchev–Trinajstić information content (AvgIpc) is 3.10. The first-order valence-electron chi connectivity index (χ1n) is 7.93. The normalized spacial score (nSPS) is 11.7. The van der Waals surface area contributed by atoms with Crippen LogP contribution in [-0.2, 0) is 23.9 Å². The number of rotatable bonds is 10. The van der Waals surface area contributed by atoms with Crippen molar-refractivity contribution in [1.29, 1.82) is 0 Å². The summed E-state index contributed by atoms with van der Waals surface area (Å²) in [4.78, 5) is 47.4. The number of thiophene rings is 1. The van der Waals surface area contributed by atoms with Crippen LogP contribution in [0.25, 0.3) is 0 Å². The summed E-state index contributed by atoms with van der Waals surface area (Å²) in [5, 5.41) is 4.27. The van der Waals surface area contributed by atoms with Crippen molar-refractivity contribution in [1.82, 2.24) is 5.32 Å². The molecule has 0 fully saturated rings. The van der Waals surface area contributed by atoms with Crippen LogP contribution >= 0.6 is 11.3 Å². The summed E-state index contributed by atoms with van der Waals surface area (Å²) in [6, 6.07) is 2.67. The molecule has 0 saturated carbocycles. The molecule has 0 aliphatic rings.